The Labute approximate surface area is 178 Å². The van der Waals surface area contributed by atoms with Crippen LogP contribution in [0.2, 0.25) is 0 Å². The quantitative estimate of drug-likeness (QED) is 0.650. The summed E-state index contributed by atoms with van der Waals surface area (Å²) in [5.41, 5.74) is 2.34. The van der Waals surface area contributed by atoms with Gasteiger partial charge < -0.3 is 19.8 Å². The van der Waals surface area contributed by atoms with Crippen molar-refractivity contribution in [3.05, 3.63) is 46.2 Å². The third kappa shape index (κ3) is 5.10. The molecule has 0 radical (unpaired) electrons. The lowest BCUT2D eigenvalue weighted by molar-refractivity contribution is -0.111. The molecule has 1 fully saturated rings. The first-order valence-corrected chi connectivity index (χ1v) is 10.9. The second kappa shape index (κ2) is 9.18. The molecule has 8 heteroatoms. The first-order valence-electron chi connectivity index (χ1n) is 10.1. The van der Waals surface area contributed by atoms with Gasteiger partial charge in [-0.2, -0.15) is 5.26 Å². The SMILES string of the molecule is N#Cc1c(NC(=O)/C=C/c2ccoc2)sc2c1CCC(COC(=O)NCC1CC1)C2. The first kappa shape index (κ1) is 20.2. The number of anilines is 1. The molecule has 7 nitrogen and oxygen atoms in total. The maximum atomic E-state index is 12.2. The number of fused-ring (bicyclic) bond motifs is 1. The van der Waals surface area contributed by atoms with Gasteiger partial charge in [-0.1, -0.05) is 0 Å². The van der Waals surface area contributed by atoms with Crippen molar-refractivity contribution in [2.24, 2.45) is 11.8 Å². The molecular formula is C22H23N3O4S. The van der Waals surface area contributed by atoms with Crippen molar-refractivity contribution in [3.63, 3.8) is 0 Å². The second-order valence-corrected chi connectivity index (χ2v) is 8.84. The lowest BCUT2D eigenvalue weighted by Crippen LogP contribution is -2.29. The Hall–Kier alpha value is -3.05. The predicted octanol–water partition coefficient (Wildman–Crippen LogP) is 4.11. The number of ether oxygens (including phenoxy) is 1. The molecule has 0 saturated heterocycles. The van der Waals surface area contributed by atoms with E-state index in [-0.39, 0.29) is 17.9 Å². The number of carbonyl (C=O) groups is 2. The fourth-order valence-corrected chi connectivity index (χ4v) is 4.81. The maximum Gasteiger partial charge on any atom is 0.407 e. The smallest absolute Gasteiger partial charge is 0.407 e. The Bertz CT molecular complexity index is 983. The van der Waals surface area contributed by atoms with Crippen LogP contribution >= 0.6 is 11.3 Å². The van der Waals surface area contributed by atoms with E-state index in [2.05, 4.69) is 16.7 Å². The van der Waals surface area contributed by atoms with Gasteiger partial charge in [0.1, 0.15) is 11.1 Å². The van der Waals surface area contributed by atoms with Crippen molar-refractivity contribution in [2.75, 3.05) is 18.5 Å². The van der Waals surface area contributed by atoms with Crippen LogP contribution in [0.1, 0.15) is 40.8 Å². The van der Waals surface area contributed by atoms with Gasteiger partial charge in [0.05, 0.1) is 24.7 Å². The van der Waals surface area contributed by atoms with Crippen molar-refractivity contribution in [3.8, 4) is 6.07 Å². The van der Waals surface area contributed by atoms with Crippen LogP contribution in [-0.2, 0) is 22.4 Å². The summed E-state index contributed by atoms with van der Waals surface area (Å²) in [5, 5.41) is 15.8. The molecule has 2 amide bonds. The van der Waals surface area contributed by atoms with Crippen LogP contribution in [0.25, 0.3) is 6.08 Å². The van der Waals surface area contributed by atoms with Gasteiger partial charge in [0.25, 0.3) is 0 Å². The average Bonchev–Trinajstić information content (AvgIpc) is 3.30. The summed E-state index contributed by atoms with van der Waals surface area (Å²) in [6.45, 7) is 1.06. The van der Waals surface area contributed by atoms with Gasteiger partial charge in [-0.3, -0.25) is 4.79 Å². The van der Waals surface area contributed by atoms with Gasteiger partial charge >= 0.3 is 6.09 Å². The minimum Gasteiger partial charge on any atom is -0.472 e. The highest BCUT2D eigenvalue weighted by atomic mass is 32.1. The van der Waals surface area contributed by atoms with Gasteiger partial charge in [-0.25, -0.2) is 4.79 Å². The molecule has 0 aliphatic heterocycles. The molecule has 2 heterocycles. The molecule has 0 spiro atoms. The first-order chi connectivity index (χ1) is 14.6. The molecule has 30 heavy (non-hydrogen) atoms. The summed E-state index contributed by atoms with van der Waals surface area (Å²) < 4.78 is 10.3. The molecule has 156 valence electrons. The minimum absolute atomic E-state index is 0.221. The number of nitrogens with one attached hydrogen (secondary N) is 2. The van der Waals surface area contributed by atoms with Gasteiger partial charge in [-0.15, -0.1) is 11.3 Å². The number of alkyl carbamates (subject to hydrolysis) is 1. The van der Waals surface area contributed by atoms with Crippen LogP contribution in [0.4, 0.5) is 9.80 Å². The van der Waals surface area contributed by atoms with E-state index in [1.807, 2.05) is 0 Å². The Kier molecular flexibility index (Phi) is 6.19. The molecular weight excluding hydrogens is 402 g/mol. The third-order valence-corrected chi connectivity index (χ3v) is 6.54. The van der Waals surface area contributed by atoms with E-state index in [1.165, 1.54) is 36.5 Å². The molecule has 2 aromatic rings. The highest BCUT2D eigenvalue weighted by molar-refractivity contribution is 7.16. The zero-order chi connectivity index (χ0) is 20.9. The normalized spacial score (nSPS) is 17.9. The highest BCUT2D eigenvalue weighted by Gasteiger charge is 2.27. The number of carbonyl (C=O) groups excluding carboxylic acids is 2. The van der Waals surface area contributed by atoms with Crippen LogP contribution in [0, 0.1) is 23.2 Å². The van der Waals surface area contributed by atoms with Crippen molar-refractivity contribution >= 4 is 34.4 Å². The fourth-order valence-electron chi connectivity index (χ4n) is 3.49. The van der Waals surface area contributed by atoms with Gasteiger partial charge in [-0.05, 0) is 61.6 Å². The van der Waals surface area contributed by atoms with Crippen LogP contribution in [-0.4, -0.2) is 25.2 Å². The number of hydrogen-bond acceptors (Lipinski definition) is 6. The Morgan fingerprint density at radius 3 is 2.93 bits per heavy atom. The summed E-state index contributed by atoms with van der Waals surface area (Å²) >= 11 is 1.44. The summed E-state index contributed by atoms with van der Waals surface area (Å²) in [6, 6.07) is 3.99. The van der Waals surface area contributed by atoms with Crippen LogP contribution in [0.3, 0.4) is 0 Å². The monoisotopic (exact) mass is 425 g/mol. The van der Waals surface area contributed by atoms with E-state index in [4.69, 9.17) is 9.15 Å². The zero-order valence-corrected chi connectivity index (χ0v) is 17.3. The molecule has 0 aromatic carbocycles. The van der Waals surface area contributed by atoms with Crippen LogP contribution < -0.4 is 10.6 Å². The number of hydrogen-bond donors (Lipinski definition) is 2. The molecule has 1 unspecified atom stereocenters. The van der Waals surface area contributed by atoms with E-state index in [9.17, 15) is 14.9 Å². The van der Waals surface area contributed by atoms with Crippen LogP contribution in [0.15, 0.2) is 29.1 Å². The molecule has 2 aliphatic rings. The number of nitriles is 1. The zero-order valence-electron chi connectivity index (χ0n) is 16.5. The van der Waals surface area contributed by atoms with E-state index in [1.54, 1.807) is 18.4 Å². The Balaban J connectivity index is 1.34. The van der Waals surface area contributed by atoms with E-state index < -0.39 is 0 Å². The van der Waals surface area contributed by atoms with Crippen molar-refractivity contribution < 1.29 is 18.7 Å². The molecule has 2 N–H and O–H groups in total. The number of rotatable bonds is 7. The molecule has 1 saturated carbocycles. The number of furan rings is 1. The number of amides is 2. The van der Waals surface area contributed by atoms with Gasteiger partial charge in [0, 0.05) is 23.1 Å². The van der Waals surface area contributed by atoms with Crippen LogP contribution in [0.5, 0.6) is 0 Å². The predicted molar refractivity (Wildman–Crippen MR) is 113 cm³/mol. The minimum atomic E-state index is -0.353. The number of nitrogens with zero attached hydrogens (tertiary/aromatic N) is 1. The van der Waals surface area contributed by atoms with Crippen molar-refractivity contribution in [1.82, 2.24) is 5.32 Å². The fraction of sp³-hybridized carbons (Fsp3) is 0.409. The third-order valence-electron chi connectivity index (χ3n) is 5.37. The Morgan fingerprint density at radius 2 is 2.20 bits per heavy atom. The van der Waals surface area contributed by atoms with Crippen molar-refractivity contribution in [2.45, 2.75) is 32.1 Å². The largest absolute Gasteiger partial charge is 0.472 e. The van der Waals surface area contributed by atoms with E-state index >= 15 is 0 Å². The lowest BCUT2D eigenvalue weighted by atomic mass is 9.88. The lowest BCUT2D eigenvalue weighted by Gasteiger charge is -2.21. The summed E-state index contributed by atoms with van der Waals surface area (Å²) in [4.78, 5) is 25.1. The van der Waals surface area contributed by atoms with Gasteiger partial charge in [0.2, 0.25) is 5.91 Å². The molecule has 0 bridgehead atoms. The average molecular weight is 426 g/mol. The summed E-state index contributed by atoms with van der Waals surface area (Å²) in [6.07, 6.45) is 10.5. The summed E-state index contributed by atoms with van der Waals surface area (Å²) in [5.74, 6) is 0.547. The molecule has 2 aromatic heterocycles. The van der Waals surface area contributed by atoms with Gasteiger partial charge in [0.15, 0.2) is 0 Å². The van der Waals surface area contributed by atoms with E-state index in [0.29, 0.717) is 29.6 Å². The second-order valence-electron chi connectivity index (χ2n) is 7.73. The Morgan fingerprint density at radius 1 is 1.33 bits per heavy atom. The van der Waals surface area contributed by atoms with Crippen molar-refractivity contribution in [1.29, 1.82) is 5.26 Å². The van der Waals surface area contributed by atoms with E-state index in [0.717, 1.165) is 35.3 Å². The summed E-state index contributed by atoms with van der Waals surface area (Å²) in [7, 11) is 0. The molecule has 4 rings (SSSR count). The molecule has 1 atom stereocenters. The topological polar surface area (TPSA) is 104 Å². The molecule has 2 aliphatic carbocycles. The highest BCUT2D eigenvalue weighted by Crippen LogP contribution is 2.39. The standard InChI is InChI=1S/C22H23N3O4S/c23-10-18-17-5-3-16(13-29-22(27)24-11-14-1-2-14)9-19(17)30-21(18)25-20(26)6-4-15-7-8-28-12-15/h4,6-8,12,14,16H,1-3,5,9,11,13H2,(H,24,27)(H,25,26)/b6-4+. The number of thiophene rings is 1. The maximum absolute atomic E-state index is 12.2.